The maximum Gasteiger partial charge on any atom is 0.170 e. The van der Waals surface area contributed by atoms with Gasteiger partial charge in [-0.1, -0.05) is 36.4 Å². The average molecular weight is 374 g/mol. The van der Waals surface area contributed by atoms with Gasteiger partial charge in [-0.3, -0.25) is 9.98 Å². The number of aliphatic imine (C=N–C) groups is 1. The molecule has 0 aliphatic rings. The molecule has 4 nitrogen and oxygen atoms in total. The molecule has 0 fully saturated rings. The summed E-state index contributed by atoms with van der Waals surface area (Å²) in [6, 6.07) is 13.9. The maximum atomic E-state index is 5.92. The number of hydrogen-bond donors (Lipinski definition) is 1. The molecule has 2 rings (SSSR count). The fraction of sp³-hybridized carbons (Fsp3) is 0.222. The molecule has 23 heavy (non-hydrogen) atoms. The van der Waals surface area contributed by atoms with Gasteiger partial charge in [-0.05, 0) is 46.5 Å². The minimum Gasteiger partial charge on any atom is -0.484 e. The van der Waals surface area contributed by atoms with Crippen LogP contribution in [0.5, 0.6) is 0 Å². The van der Waals surface area contributed by atoms with Gasteiger partial charge >= 0.3 is 0 Å². The Kier molecular flexibility index (Phi) is 6.81. The first-order valence-corrected chi connectivity index (χ1v) is 8.18. The first kappa shape index (κ1) is 17.2. The number of rotatable bonds is 7. The van der Waals surface area contributed by atoms with E-state index in [1.54, 1.807) is 13.1 Å². The fourth-order valence-electron chi connectivity index (χ4n) is 1.97. The second kappa shape index (κ2) is 9.10. The molecule has 5 heteroatoms. The molecule has 0 aliphatic carbocycles. The Hall–Kier alpha value is -2.14. The standard InChI is InChI=1S/C18H20BrN3O/c1-14(20)17(23-13-16-6-3-2-4-7-16)18(19)22-11-9-15-8-5-10-21-12-15/h2-8,10,12H,9,11,13,20H2,1H3/b17-14+,22-18?. The molecule has 0 bridgehead atoms. The molecule has 2 N–H and O–H groups in total. The van der Waals surface area contributed by atoms with E-state index < -0.39 is 0 Å². The average Bonchev–Trinajstić information content (AvgIpc) is 2.56. The smallest absolute Gasteiger partial charge is 0.170 e. The van der Waals surface area contributed by atoms with Crippen LogP contribution in [0.25, 0.3) is 0 Å². The van der Waals surface area contributed by atoms with Gasteiger partial charge in [0.2, 0.25) is 0 Å². The van der Waals surface area contributed by atoms with Gasteiger partial charge in [-0.2, -0.15) is 0 Å². The van der Waals surface area contributed by atoms with E-state index in [0.29, 0.717) is 29.2 Å². The van der Waals surface area contributed by atoms with Gasteiger partial charge in [-0.25, -0.2) is 0 Å². The minimum atomic E-state index is 0.456. The van der Waals surface area contributed by atoms with Crippen LogP contribution in [0.1, 0.15) is 18.1 Å². The Bertz CT molecular complexity index is 665. The normalized spacial score (nSPS) is 12.7. The van der Waals surface area contributed by atoms with Crippen LogP contribution >= 0.6 is 15.9 Å². The van der Waals surface area contributed by atoms with Crippen molar-refractivity contribution in [1.82, 2.24) is 4.98 Å². The van der Waals surface area contributed by atoms with Gasteiger partial charge in [0, 0.05) is 18.9 Å². The molecule has 2 aromatic rings. The van der Waals surface area contributed by atoms with Crippen molar-refractivity contribution in [2.24, 2.45) is 10.7 Å². The van der Waals surface area contributed by atoms with E-state index in [9.17, 15) is 0 Å². The lowest BCUT2D eigenvalue weighted by Gasteiger charge is -2.11. The van der Waals surface area contributed by atoms with Crippen LogP contribution in [0, 0.1) is 0 Å². The van der Waals surface area contributed by atoms with Gasteiger partial charge in [0.1, 0.15) is 11.2 Å². The highest BCUT2D eigenvalue weighted by atomic mass is 79.9. The molecule has 0 saturated carbocycles. The Morgan fingerprint density at radius 1 is 1.17 bits per heavy atom. The number of pyridine rings is 1. The molecule has 120 valence electrons. The Morgan fingerprint density at radius 3 is 2.57 bits per heavy atom. The summed E-state index contributed by atoms with van der Waals surface area (Å²) in [7, 11) is 0. The van der Waals surface area contributed by atoms with Gasteiger partial charge in [0.05, 0.1) is 5.70 Å². The van der Waals surface area contributed by atoms with Crippen molar-refractivity contribution >= 4 is 20.6 Å². The largest absolute Gasteiger partial charge is 0.484 e. The second-order valence-corrected chi connectivity index (χ2v) is 5.82. The highest BCUT2D eigenvalue weighted by Gasteiger charge is 2.08. The highest BCUT2D eigenvalue weighted by Crippen LogP contribution is 2.14. The Morgan fingerprint density at radius 2 is 1.91 bits per heavy atom. The summed E-state index contributed by atoms with van der Waals surface area (Å²) >= 11 is 3.46. The molecule has 1 aromatic heterocycles. The number of hydrogen-bond acceptors (Lipinski definition) is 4. The molecule has 0 aliphatic heterocycles. The van der Waals surface area contributed by atoms with E-state index in [1.165, 1.54) is 0 Å². The van der Waals surface area contributed by atoms with Gasteiger partial charge in [0.15, 0.2) is 5.76 Å². The van der Waals surface area contributed by atoms with E-state index in [4.69, 9.17) is 10.5 Å². The third-order valence-electron chi connectivity index (χ3n) is 3.15. The fourth-order valence-corrected chi connectivity index (χ4v) is 2.57. The molecule has 1 aromatic carbocycles. The molecule has 0 amide bonds. The first-order chi connectivity index (χ1) is 11.2. The van der Waals surface area contributed by atoms with E-state index in [0.717, 1.165) is 17.5 Å². The molecular formula is C18H20BrN3O. The topological polar surface area (TPSA) is 60.5 Å². The van der Waals surface area contributed by atoms with E-state index in [1.807, 2.05) is 48.7 Å². The summed E-state index contributed by atoms with van der Waals surface area (Å²) in [6.45, 7) is 2.90. The summed E-state index contributed by atoms with van der Waals surface area (Å²) in [4.78, 5) is 8.59. The molecule has 0 saturated heterocycles. The van der Waals surface area contributed by atoms with Crippen LogP contribution < -0.4 is 5.73 Å². The first-order valence-electron chi connectivity index (χ1n) is 7.39. The number of halogens is 1. The predicted octanol–water partition coefficient (Wildman–Crippen LogP) is 3.82. The Balaban J connectivity index is 1.94. The lowest BCUT2D eigenvalue weighted by Crippen LogP contribution is -2.09. The van der Waals surface area contributed by atoms with Crippen LogP contribution in [-0.2, 0) is 17.8 Å². The molecule has 0 atom stereocenters. The van der Waals surface area contributed by atoms with Crippen LogP contribution in [0.2, 0.25) is 0 Å². The molecule has 0 spiro atoms. The van der Waals surface area contributed by atoms with Crippen LogP contribution in [0.3, 0.4) is 0 Å². The summed E-state index contributed by atoms with van der Waals surface area (Å²) in [5.41, 5.74) is 8.75. The zero-order chi connectivity index (χ0) is 16.5. The number of aromatic nitrogens is 1. The SMILES string of the molecule is C/C(N)=C(\OCc1ccccc1)C(Br)=NCCc1cccnc1. The zero-order valence-corrected chi connectivity index (χ0v) is 14.7. The third-order valence-corrected chi connectivity index (χ3v) is 3.76. The van der Waals surface area contributed by atoms with E-state index in [-0.39, 0.29) is 0 Å². The summed E-state index contributed by atoms with van der Waals surface area (Å²) in [5.74, 6) is 0.583. The highest BCUT2D eigenvalue weighted by molar-refractivity contribution is 9.18. The second-order valence-electron chi connectivity index (χ2n) is 5.07. The van der Waals surface area contributed by atoms with Crippen molar-refractivity contribution in [3.8, 4) is 0 Å². The van der Waals surface area contributed by atoms with Crippen molar-refractivity contribution in [2.75, 3.05) is 6.54 Å². The predicted molar refractivity (Wildman–Crippen MR) is 97.3 cm³/mol. The van der Waals surface area contributed by atoms with Crippen molar-refractivity contribution in [1.29, 1.82) is 0 Å². The van der Waals surface area contributed by atoms with E-state index >= 15 is 0 Å². The lowest BCUT2D eigenvalue weighted by molar-refractivity contribution is 0.215. The third kappa shape index (κ3) is 5.87. The number of allylic oxidation sites excluding steroid dienone is 2. The van der Waals surface area contributed by atoms with Crippen LogP contribution in [-0.4, -0.2) is 16.1 Å². The quantitative estimate of drug-likeness (QED) is 0.592. The van der Waals surface area contributed by atoms with Crippen LogP contribution in [0.15, 0.2) is 71.3 Å². The monoisotopic (exact) mass is 373 g/mol. The van der Waals surface area contributed by atoms with Gasteiger partial charge in [-0.15, -0.1) is 0 Å². The zero-order valence-electron chi connectivity index (χ0n) is 13.1. The van der Waals surface area contributed by atoms with Crippen molar-refractivity contribution < 1.29 is 4.74 Å². The summed E-state index contributed by atoms with van der Waals surface area (Å²) in [6.07, 6.45) is 4.43. The minimum absolute atomic E-state index is 0.456. The number of nitrogens with zero attached hydrogens (tertiary/aromatic N) is 2. The number of benzene rings is 1. The van der Waals surface area contributed by atoms with Crippen molar-refractivity contribution in [3.63, 3.8) is 0 Å². The summed E-state index contributed by atoms with van der Waals surface area (Å²) in [5, 5.41) is 0. The van der Waals surface area contributed by atoms with Gasteiger partial charge < -0.3 is 10.5 Å². The molecule has 0 unspecified atom stereocenters. The maximum absolute atomic E-state index is 5.92. The molecule has 0 radical (unpaired) electrons. The van der Waals surface area contributed by atoms with Crippen molar-refractivity contribution in [3.05, 3.63) is 77.4 Å². The van der Waals surface area contributed by atoms with Gasteiger partial charge in [0.25, 0.3) is 0 Å². The van der Waals surface area contributed by atoms with Crippen molar-refractivity contribution in [2.45, 2.75) is 20.0 Å². The molecule has 1 heterocycles. The van der Waals surface area contributed by atoms with E-state index in [2.05, 4.69) is 25.9 Å². The molecular weight excluding hydrogens is 354 g/mol. The summed E-state index contributed by atoms with van der Waals surface area (Å²) < 4.78 is 6.46. The number of ether oxygens (including phenoxy) is 1. The number of nitrogens with two attached hydrogens (primary N) is 1. The van der Waals surface area contributed by atoms with Crippen LogP contribution in [0.4, 0.5) is 0 Å². The lowest BCUT2D eigenvalue weighted by atomic mass is 10.2. The Labute approximate surface area is 145 Å².